The number of hydrogen-bond acceptors (Lipinski definition) is 7. The minimum absolute atomic E-state index is 0.0162. The number of fused-ring (bicyclic) bond motifs is 1. The zero-order valence-corrected chi connectivity index (χ0v) is 20.0. The van der Waals surface area contributed by atoms with Crippen molar-refractivity contribution in [3.8, 4) is 11.5 Å². The van der Waals surface area contributed by atoms with Crippen LogP contribution in [0.1, 0.15) is 30.1 Å². The van der Waals surface area contributed by atoms with E-state index in [2.05, 4.69) is 9.62 Å². The number of benzene rings is 2. The number of anilines is 1. The van der Waals surface area contributed by atoms with Crippen LogP contribution in [-0.4, -0.2) is 70.9 Å². The third-order valence-corrected chi connectivity index (χ3v) is 7.39. The van der Waals surface area contributed by atoms with E-state index in [0.717, 1.165) is 12.1 Å². The van der Waals surface area contributed by atoms with E-state index < -0.39 is 10.0 Å². The number of amides is 1. The van der Waals surface area contributed by atoms with Gasteiger partial charge in [0.05, 0.1) is 18.1 Å². The summed E-state index contributed by atoms with van der Waals surface area (Å²) in [6.07, 6.45) is 0.814. The monoisotopic (exact) mass is 487 g/mol. The highest BCUT2D eigenvalue weighted by molar-refractivity contribution is 7.89. The Morgan fingerprint density at radius 3 is 2.29 bits per heavy atom. The number of hydrogen-bond donors (Lipinski definition) is 1. The van der Waals surface area contributed by atoms with Crippen molar-refractivity contribution in [2.24, 2.45) is 0 Å². The molecule has 182 valence electrons. The lowest BCUT2D eigenvalue weighted by Gasteiger charge is -2.36. The van der Waals surface area contributed by atoms with Gasteiger partial charge in [0.1, 0.15) is 0 Å². The smallest absolute Gasteiger partial charge is 0.240 e. The molecule has 0 unspecified atom stereocenters. The van der Waals surface area contributed by atoms with Crippen LogP contribution in [0.15, 0.2) is 47.4 Å². The number of carbonyl (C=O) groups excluding carboxylic acids is 2. The molecule has 2 aliphatic heterocycles. The van der Waals surface area contributed by atoms with Crippen LogP contribution in [0, 0.1) is 0 Å². The van der Waals surface area contributed by atoms with E-state index in [4.69, 9.17) is 9.47 Å². The van der Waals surface area contributed by atoms with Gasteiger partial charge in [0, 0.05) is 62.9 Å². The van der Waals surface area contributed by atoms with E-state index in [-0.39, 0.29) is 29.6 Å². The summed E-state index contributed by atoms with van der Waals surface area (Å²) in [6.45, 7) is 5.01. The number of sulfonamides is 1. The Bertz CT molecular complexity index is 1140. The van der Waals surface area contributed by atoms with Crippen LogP contribution in [0.5, 0.6) is 11.5 Å². The summed E-state index contributed by atoms with van der Waals surface area (Å²) < 4.78 is 38.9. The number of Topliss-reactive ketones (excluding diaryl/α,β-unsaturated/α-hetero) is 1. The normalized spacial score (nSPS) is 16.1. The highest BCUT2D eigenvalue weighted by Gasteiger charge is 2.23. The largest absolute Gasteiger partial charge is 0.490 e. The van der Waals surface area contributed by atoms with Gasteiger partial charge in [-0.1, -0.05) is 0 Å². The van der Waals surface area contributed by atoms with Crippen molar-refractivity contribution < 1.29 is 27.5 Å². The van der Waals surface area contributed by atoms with Crippen LogP contribution < -0.4 is 19.1 Å². The Kier molecular flexibility index (Phi) is 7.38. The van der Waals surface area contributed by atoms with Gasteiger partial charge in [-0.25, -0.2) is 13.1 Å². The van der Waals surface area contributed by atoms with E-state index in [1.165, 1.54) is 19.1 Å². The molecule has 4 rings (SSSR count). The van der Waals surface area contributed by atoms with Crippen molar-refractivity contribution in [3.05, 3.63) is 48.0 Å². The van der Waals surface area contributed by atoms with Gasteiger partial charge in [-0.3, -0.25) is 9.59 Å². The van der Waals surface area contributed by atoms with Crippen molar-refractivity contribution in [3.63, 3.8) is 0 Å². The number of piperazine rings is 1. The molecule has 0 radical (unpaired) electrons. The molecule has 34 heavy (non-hydrogen) atoms. The molecule has 2 aromatic rings. The number of carbonyl (C=O) groups is 2. The lowest BCUT2D eigenvalue weighted by Crippen LogP contribution is -2.49. The van der Waals surface area contributed by atoms with Crippen LogP contribution in [0.3, 0.4) is 0 Å². The fraction of sp³-hybridized carbons (Fsp3) is 0.417. The molecular formula is C24H29N3O6S. The number of rotatable bonds is 7. The van der Waals surface area contributed by atoms with Gasteiger partial charge in [0.15, 0.2) is 17.3 Å². The van der Waals surface area contributed by atoms with Crippen LogP contribution >= 0.6 is 0 Å². The average molecular weight is 488 g/mol. The molecule has 0 bridgehead atoms. The quantitative estimate of drug-likeness (QED) is 0.596. The van der Waals surface area contributed by atoms with E-state index in [0.29, 0.717) is 56.5 Å². The molecule has 1 amide bonds. The van der Waals surface area contributed by atoms with E-state index in [1.807, 2.05) is 24.3 Å². The van der Waals surface area contributed by atoms with Crippen LogP contribution in [0.2, 0.25) is 0 Å². The van der Waals surface area contributed by atoms with Gasteiger partial charge in [-0.2, -0.15) is 0 Å². The zero-order valence-electron chi connectivity index (χ0n) is 19.2. The van der Waals surface area contributed by atoms with E-state index >= 15 is 0 Å². The first-order chi connectivity index (χ1) is 16.3. The molecule has 1 N–H and O–H groups in total. The Morgan fingerprint density at radius 1 is 0.941 bits per heavy atom. The number of nitrogens with zero attached hydrogens (tertiary/aromatic N) is 2. The summed E-state index contributed by atoms with van der Waals surface area (Å²) in [5, 5.41) is 0. The fourth-order valence-corrected chi connectivity index (χ4v) is 5.01. The van der Waals surface area contributed by atoms with Gasteiger partial charge in [-0.05, 0) is 43.3 Å². The maximum absolute atomic E-state index is 12.7. The minimum atomic E-state index is -3.78. The number of ether oxygens (including phenoxy) is 2. The highest BCUT2D eigenvalue weighted by Crippen LogP contribution is 2.31. The summed E-state index contributed by atoms with van der Waals surface area (Å²) in [7, 11) is -3.78. The molecule has 1 fully saturated rings. The molecule has 0 saturated carbocycles. The predicted octanol–water partition coefficient (Wildman–Crippen LogP) is 2.07. The molecule has 2 heterocycles. The fourth-order valence-electron chi connectivity index (χ4n) is 3.97. The average Bonchev–Trinajstić information content (AvgIpc) is 3.09. The molecule has 0 aliphatic carbocycles. The second kappa shape index (κ2) is 10.4. The second-order valence-electron chi connectivity index (χ2n) is 8.28. The van der Waals surface area contributed by atoms with Crippen molar-refractivity contribution in [2.45, 2.75) is 24.7 Å². The Hall–Kier alpha value is -3.11. The second-order valence-corrected chi connectivity index (χ2v) is 10.0. The van der Waals surface area contributed by atoms with Gasteiger partial charge in [0.2, 0.25) is 15.9 Å². The minimum Gasteiger partial charge on any atom is -0.490 e. The SMILES string of the molecule is CC(=O)c1ccc(N2CCN(C(=O)CCNS(=O)(=O)c3ccc4c(c3)OCCCO4)CC2)cc1. The highest BCUT2D eigenvalue weighted by atomic mass is 32.2. The maximum atomic E-state index is 12.7. The van der Waals surface area contributed by atoms with Crippen molar-refractivity contribution in [1.82, 2.24) is 9.62 Å². The van der Waals surface area contributed by atoms with Crippen LogP contribution in [0.25, 0.3) is 0 Å². The summed E-state index contributed by atoms with van der Waals surface area (Å²) in [5.74, 6) is 0.876. The van der Waals surface area contributed by atoms with E-state index in [9.17, 15) is 18.0 Å². The van der Waals surface area contributed by atoms with Crippen molar-refractivity contribution in [1.29, 1.82) is 0 Å². The molecule has 10 heteroatoms. The summed E-state index contributed by atoms with van der Waals surface area (Å²) >= 11 is 0. The summed E-state index contributed by atoms with van der Waals surface area (Å²) in [5.41, 5.74) is 1.69. The van der Waals surface area contributed by atoms with Crippen molar-refractivity contribution in [2.75, 3.05) is 50.8 Å². The zero-order chi connectivity index (χ0) is 24.1. The van der Waals surface area contributed by atoms with Gasteiger partial charge >= 0.3 is 0 Å². The molecule has 2 aromatic carbocycles. The molecule has 2 aliphatic rings. The van der Waals surface area contributed by atoms with E-state index in [1.54, 1.807) is 11.0 Å². The molecule has 0 spiro atoms. The third-order valence-electron chi connectivity index (χ3n) is 5.93. The molecule has 0 atom stereocenters. The first kappa shape index (κ1) is 24.0. The predicted molar refractivity (Wildman–Crippen MR) is 127 cm³/mol. The standard InChI is InChI=1S/C24H29N3O6S/c1-18(28)19-3-5-20(6-4-19)26-11-13-27(14-12-26)24(29)9-10-25-34(30,31)21-7-8-22-23(17-21)33-16-2-15-32-22/h3-8,17,25H,2,9-16H2,1H3. The maximum Gasteiger partial charge on any atom is 0.240 e. The Labute approximate surface area is 199 Å². The first-order valence-electron chi connectivity index (χ1n) is 11.4. The van der Waals surface area contributed by atoms with Crippen molar-refractivity contribution >= 4 is 27.4 Å². The Balaban J connectivity index is 1.26. The topological polar surface area (TPSA) is 105 Å². The van der Waals surface area contributed by atoms with Gasteiger partial charge < -0.3 is 19.3 Å². The molecule has 1 saturated heterocycles. The summed E-state index contributed by atoms with van der Waals surface area (Å²) in [6, 6.07) is 12.0. The first-order valence-corrected chi connectivity index (χ1v) is 12.8. The number of nitrogens with one attached hydrogen (secondary N) is 1. The van der Waals surface area contributed by atoms with Gasteiger partial charge in [0.25, 0.3) is 0 Å². The summed E-state index contributed by atoms with van der Waals surface area (Å²) in [4.78, 5) is 28.0. The Morgan fingerprint density at radius 2 is 1.62 bits per heavy atom. The molecule has 9 nitrogen and oxygen atoms in total. The third kappa shape index (κ3) is 5.68. The number of ketones is 1. The lowest BCUT2D eigenvalue weighted by atomic mass is 10.1. The molecular weight excluding hydrogens is 458 g/mol. The van der Waals surface area contributed by atoms with Gasteiger partial charge in [-0.15, -0.1) is 0 Å². The van der Waals surface area contributed by atoms with Crippen LogP contribution in [0.4, 0.5) is 5.69 Å². The molecule has 0 aromatic heterocycles. The van der Waals surface area contributed by atoms with Crippen LogP contribution in [-0.2, 0) is 14.8 Å². The lowest BCUT2D eigenvalue weighted by molar-refractivity contribution is -0.131.